The molecular weight excluding hydrogens is 617 g/mol. The largest absolute Gasteiger partial charge is 0.456 e. The van der Waals surface area contributed by atoms with Gasteiger partial charge in [0.1, 0.15) is 40.8 Å². The van der Waals surface area contributed by atoms with Gasteiger partial charge in [0.15, 0.2) is 17.3 Å². The van der Waals surface area contributed by atoms with Crippen LogP contribution in [0.25, 0.3) is 16.7 Å². The van der Waals surface area contributed by atoms with Crippen LogP contribution in [-0.4, -0.2) is 72.7 Å². The summed E-state index contributed by atoms with van der Waals surface area (Å²) in [6, 6.07) is 5.19. The minimum atomic E-state index is -5.06. The van der Waals surface area contributed by atoms with Crippen molar-refractivity contribution in [2.24, 2.45) is 0 Å². The molecule has 5 heterocycles. The van der Waals surface area contributed by atoms with Crippen molar-refractivity contribution in [2.75, 3.05) is 29.9 Å². The van der Waals surface area contributed by atoms with E-state index >= 15 is 4.39 Å². The van der Waals surface area contributed by atoms with Gasteiger partial charge in [0, 0.05) is 37.9 Å². The minimum absolute atomic E-state index is 0.0322. The molecular formula is C26H21F7N10O2. The number of hydrogen-bond acceptors (Lipinski definition) is 11. The van der Waals surface area contributed by atoms with Crippen molar-refractivity contribution in [1.29, 1.82) is 0 Å². The molecule has 0 saturated carbocycles. The number of alkyl halides is 6. The smallest absolute Gasteiger partial charge is 0.446 e. The number of fused-ring (bicyclic) bond motifs is 2. The second kappa shape index (κ2) is 12.4. The monoisotopic (exact) mass is 638 g/mol. The molecule has 19 heteroatoms. The van der Waals surface area contributed by atoms with E-state index in [0.717, 1.165) is 18.7 Å². The molecule has 1 fully saturated rings. The first kappa shape index (κ1) is 31.2. The van der Waals surface area contributed by atoms with Crippen LogP contribution < -0.4 is 20.3 Å². The first-order valence-corrected chi connectivity index (χ1v) is 13.0. The highest BCUT2D eigenvalue weighted by Gasteiger charge is 2.39. The lowest BCUT2D eigenvalue weighted by atomic mass is 10.1. The number of carbonyl (C=O) groups excluding carboxylic acids is 1. The molecule has 45 heavy (non-hydrogen) atoms. The van der Waals surface area contributed by atoms with E-state index in [1.807, 2.05) is 11.8 Å². The first-order valence-electron chi connectivity index (χ1n) is 13.0. The van der Waals surface area contributed by atoms with E-state index in [4.69, 9.17) is 9.53 Å². The lowest BCUT2D eigenvalue weighted by molar-refractivity contribution is -0.156. The van der Waals surface area contributed by atoms with Gasteiger partial charge < -0.3 is 20.3 Å². The summed E-state index contributed by atoms with van der Waals surface area (Å²) in [5, 5.41) is 9.90. The predicted octanol–water partition coefficient (Wildman–Crippen LogP) is 4.70. The fourth-order valence-electron chi connectivity index (χ4n) is 4.32. The summed E-state index contributed by atoms with van der Waals surface area (Å²) < 4.78 is 95.7. The second-order valence-corrected chi connectivity index (χ2v) is 9.54. The molecule has 12 nitrogen and oxygen atoms in total. The summed E-state index contributed by atoms with van der Waals surface area (Å²) in [4.78, 5) is 31.8. The van der Waals surface area contributed by atoms with Gasteiger partial charge in [-0.1, -0.05) is 0 Å². The van der Waals surface area contributed by atoms with Crippen LogP contribution in [0.2, 0.25) is 0 Å². The fraction of sp³-hybridized carbons (Fsp3) is 0.269. The second-order valence-electron chi connectivity index (χ2n) is 9.54. The zero-order valence-electron chi connectivity index (χ0n) is 22.9. The Bertz CT molecular complexity index is 1830. The van der Waals surface area contributed by atoms with Crippen molar-refractivity contribution in [2.45, 2.75) is 25.3 Å². The third-order valence-electron chi connectivity index (χ3n) is 6.27. The van der Waals surface area contributed by atoms with Crippen LogP contribution in [0, 0.1) is 5.82 Å². The Morgan fingerprint density at radius 3 is 2.56 bits per heavy atom. The number of nitrogens with one attached hydrogen (secondary N) is 2. The number of aromatic nitrogens is 7. The maximum absolute atomic E-state index is 15.5. The molecule has 1 aromatic carbocycles. The average Bonchev–Trinajstić information content (AvgIpc) is 3.46. The first-order chi connectivity index (χ1) is 21.3. The molecule has 0 spiro atoms. The van der Waals surface area contributed by atoms with E-state index < -0.39 is 41.5 Å². The predicted molar refractivity (Wildman–Crippen MR) is 145 cm³/mol. The summed E-state index contributed by atoms with van der Waals surface area (Å²) in [6.45, 7) is 4.11. The van der Waals surface area contributed by atoms with Crippen molar-refractivity contribution in [3.63, 3.8) is 0 Å². The normalized spacial score (nSPS) is 15.5. The van der Waals surface area contributed by atoms with Gasteiger partial charge in [-0.25, -0.2) is 33.8 Å². The van der Waals surface area contributed by atoms with E-state index in [-0.39, 0.29) is 23.1 Å². The van der Waals surface area contributed by atoms with Crippen molar-refractivity contribution in [1.82, 2.24) is 39.9 Å². The van der Waals surface area contributed by atoms with Gasteiger partial charge in [-0.05, 0) is 25.1 Å². The number of ether oxygens (including phenoxy) is 1. The molecule has 0 unspecified atom stereocenters. The summed E-state index contributed by atoms with van der Waals surface area (Å²) in [5.74, 6) is -1.78. The van der Waals surface area contributed by atoms with Crippen LogP contribution in [0.5, 0.6) is 11.5 Å². The Kier molecular flexibility index (Phi) is 8.62. The number of carbonyl (C=O) groups is 1. The number of aldehydes is 1. The topological polar surface area (TPSA) is 135 Å². The number of piperazine rings is 1. The quantitative estimate of drug-likeness (QED) is 0.205. The average molecular weight is 639 g/mol. The highest BCUT2D eigenvalue weighted by molar-refractivity contribution is 5.87. The Morgan fingerprint density at radius 2 is 1.84 bits per heavy atom. The summed E-state index contributed by atoms with van der Waals surface area (Å²) in [5.41, 5.74) is -1.09. The number of halogens is 7. The molecule has 6 rings (SSSR count). The van der Waals surface area contributed by atoms with E-state index in [0.29, 0.717) is 30.2 Å². The van der Waals surface area contributed by atoms with Gasteiger partial charge in [-0.2, -0.15) is 31.4 Å². The molecule has 0 bridgehead atoms. The minimum Gasteiger partial charge on any atom is -0.456 e. The standard InChI is InChI=1S/C24H20F4N10O.C2HF3O/c1-13-10-37(7-5-29-13)23-30-9-16-21(36-23)22(33-11-31-16)35-15-2-3-17(19(20(15)25)24(26,27)28)39-14-4-6-38-18(8-14)32-12-34-38;3-2(4,5)1-6/h2-4,6,8-9,11-13,29H,5,7,10H2,1H3,(H,31,33,35);1H/t13-;/m1./s1. The molecule has 236 valence electrons. The van der Waals surface area contributed by atoms with Crippen LogP contribution in [0.4, 0.5) is 48.2 Å². The van der Waals surface area contributed by atoms with Crippen LogP contribution in [0.15, 0.2) is 49.3 Å². The Hall–Kier alpha value is -5.20. The van der Waals surface area contributed by atoms with Crippen LogP contribution in [-0.2, 0) is 11.0 Å². The van der Waals surface area contributed by atoms with Crippen LogP contribution >= 0.6 is 0 Å². The molecule has 5 aromatic rings. The molecule has 1 aliphatic rings. The highest BCUT2D eigenvalue weighted by atomic mass is 19.4. The maximum Gasteiger partial charge on any atom is 0.446 e. The van der Waals surface area contributed by atoms with Gasteiger partial charge in [-0.3, -0.25) is 4.79 Å². The Morgan fingerprint density at radius 1 is 1.07 bits per heavy atom. The third kappa shape index (κ3) is 7.31. The number of nitrogens with zero attached hydrogens (tertiary/aromatic N) is 8. The van der Waals surface area contributed by atoms with Gasteiger partial charge in [0.2, 0.25) is 12.2 Å². The zero-order chi connectivity index (χ0) is 32.4. The molecule has 2 N–H and O–H groups in total. The highest BCUT2D eigenvalue weighted by Crippen LogP contribution is 2.43. The molecule has 1 saturated heterocycles. The molecule has 1 atom stereocenters. The van der Waals surface area contributed by atoms with Gasteiger partial charge >= 0.3 is 12.4 Å². The van der Waals surface area contributed by atoms with E-state index in [2.05, 4.69) is 40.7 Å². The van der Waals surface area contributed by atoms with Crippen LogP contribution in [0.3, 0.4) is 0 Å². The summed E-state index contributed by atoms with van der Waals surface area (Å²) in [7, 11) is 0. The van der Waals surface area contributed by atoms with Crippen LogP contribution in [0.1, 0.15) is 12.5 Å². The number of benzene rings is 1. The molecule has 1 aliphatic heterocycles. The Balaban J connectivity index is 0.000000609. The zero-order valence-corrected chi connectivity index (χ0v) is 22.9. The van der Waals surface area contributed by atoms with Gasteiger partial charge in [0.05, 0.1) is 11.9 Å². The summed E-state index contributed by atoms with van der Waals surface area (Å²) >= 11 is 0. The third-order valence-corrected chi connectivity index (χ3v) is 6.27. The summed E-state index contributed by atoms with van der Waals surface area (Å²) in [6.07, 6.45) is -5.31. The van der Waals surface area contributed by atoms with Crippen molar-refractivity contribution >= 4 is 40.4 Å². The number of anilines is 3. The van der Waals surface area contributed by atoms with Crippen molar-refractivity contribution in [3.8, 4) is 11.5 Å². The van der Waals surface area contributed by atoms with Gasteiger partial charge in [-0.15, -0.1) is 0 Å². The van der Waals surface area contributed by atoms with Crippen molar-refractivity contribution in [3.05, 3.63) is 60.7 Å². The number of hydrogen-bond donors (Lipinski definition) is 2. The van der Waals surface area contributed by atoms with E-state index in [1.165, 1.54) is 41.7 Å². The SMILES string of the molecule is C[C@@H]1CN(c2ncc3ncnc(Nc4ccc(Oc5ccn6ncnc6c5)c(C(F)(F)F)c4F)c3n2)CCN1.O=CC(F)(F)F. The molecule has 4 aromatic heterocycles. The van der Waals surface area contributed by atoms with E-state index in [9.17, 15) is 26.3 Å². The number of rotatable bonds is 5. The Labute approximate surface area is 248 Å². The molecule has 0 radical (unpaired) electrons. The van der Waals surface area contributed by atoms with E-state index in [1.54, 1.807) is 0 Å². The van der Waals surface area contributed by atoms with Crippen molar-refractivity contribution < 1.29 is 40.3 Å². The number of pyridine rings is 1. The lowest BCUT2D eigenvalue weighted by Crippen LogP contribution is -2.49. The maximum atomic E-state index is 15.5. The fourth-order valence-corrected chi connectivity index (χ4v) is 4.32. The molecule has 0 aliphatic carbocycles. The molecule has 0 amide bonds. The lowest BCUT2D eigenvalue weighted by Gasteiger charge is -2.31. The van der Waals surface area contributed by atoms with Gasteiger partial charge in [0.25, 0.3) is 0 Å².